The zero-order chi connectivity index (χ0) is 22.0. The van der Waals surface area contributed by atoms with Gasteiger partial charge < -0.3 is 20.7 Å². The normalized spacial score (nSPS) is 16.0. The monoisotopic (exact) mass is 428 g/mol. The quantitative estimate of drug-likeness (QED) is 0.304. The zero-order valence-corrected chi connectivity index (χ0v) is 17.6. The molecule has 168 valence electrons. The smallest absolute Gasteiger partial charge is 0.385 e. The first-order chi connectivity index (χ1) is 14.3. The van der Waals surface area contributed by atoms with Gasteiger partial charge in [0.1, 0.15) is 0 Å². The maximum Gasteiger partial charge on any atom is 0.416 e. The number of nitrogens with one attached hydrogen (secondary N) is 3. The van der Waals surface area contributed by atoms with Gasteiger partial charge in [-0.2, -0.15) is 13.2 Å². The van der Waals surface area contributed by atoms with Crippen molar-refractivity contribution in [2.45, 2.75) is 38.8 Å². The van der Waals surface area contributed by atoms with Crippen LogP contribution in [0.4, 0.5) is 13.2 Å². The molecule has 1 saturated carbocycles. The first-order valence-corrected chi connectivity index (χ1v) is 10.3. The summed E-state index contributed by atoms with van der Waals surface area (Å²) in [7, 11) is 1.71. The molecule has 1 amide bonds. The van der Waals surface area contributed by atoms with Gasteiger partial charge in [-0.25, -0.2) is 0 Å². The second-order valence-corrected chi connectivity index (χ2v) is 7.55. The number of ether oxygens (including phenoxy) is 1. The Hall–Kier alpha value is -2.29. The van der Waals surface area contributed by atoms with Crippen molar-refractivity contribution >= 4 is 11.9 Å². The Morgan fingerprint density at radius 1 is 1.13 bits per heavy atom. The standard InChI is InChI=1S/C21H31F3N4O2/c1-3-25-19(28-15-20(9-4-10-20)11-14-30-2)27-13-12-26-18(29)16-5-7-17(8-6-16)21(22,23)24/h5-8H,3-4,9-15H2,1-2H3,(H,26,29)(H2,25,27,28). The summed E-state index contributed by atoms with van der Waals surface area (Å²) in [6.07, 6.45) is 0.113. The molecule has 0 radical (unpaired) electrons. The number of hydrogen-bond acceptors (Lipinski definition) is 3. The van der Waals surface area contributed by atoms with E-state index in [9.17, 15) is 18.0 Å². The van der Waals surface area contributed by atoms with Crippen molar-refractivity contribution < 1.29 is 22.7 Å². The Morgan fingerprint density at radius 2 is 1.80 bits per heavy atom. The number of guanidine groups is 1. The topological polar surface area (TPSA) is 74.8 Å². The fraction of sp³-hybridized carbons (Fsp3) is 0.619. The molecule has 6 nitrogen and oxygen atoms in total. The van der Waals surface area contributed by atoms with Crippen LogP contribution in [-0.2, 0) is 10.9 Å². The van der Waals surface area contributed by atoms with E-state index in [0.29, 0.717) is 19.0 Å². The van der Waals surface area contributed by atoms with Crippen molar-refractivity contribution in [1.29, 1.82) is 0 Å². The zero-order valence-electron chi connectivity index (χ0n) is 17.6. The van der Waals surface area contributed by atoms with E-state index >= 15 is 0 Å². The van der Waals surface area contributed by atoms with Gasteiger partial charge in [-0.1, -0.05) is 6.42 Å². The van der Waals surface area contributed by atoms with Crippen LogP contribution in [0.3, 0.4) is 0 Å². The van der Waals surface area contributed by atoms with E-state index in [4.69, 9.17) is 4.74 Å². The summed E-state index contributed by atoms with van der Waals surface area (Å²) in [5.74, 6) is 0.269. The maximum atomic E-state index is 12.6. The molecule has 0 aliphatic heterocycles. The molecule has 3 N–H and O–H groups in total. The third-order valence-corrected chi connectivity index (χ3v) is 5.34. The molecule has 1 aliphatic rings. The molecular weight excluding hydrogens is 397 g/mol. The third-order valence-electron chi connectivity index (χ3n) is 5.34. The molecule has 0 unspecified atom stereocenters. The second-order valence-electron chi connectivity index (χ2n) is 7.55. The van der Waals surface area contributed by atoms with Crippen LogP contribution in [0, 0.1) is 5.41 Å². The minimum atomic E-state index is -4.41. The molecule has 1 aromatic carbocycles. The number of halogens is 3. The fourth-order valence-corrected chi connectivity index (χ4v) is 3.34. The molecule has 0 heterocycles. The van der Waals surface area contributed by atoms with Crippen molar-refractivity contribution in [1.82, 2.24) is 16.0 Å². The third kappa shape index (κ3) is 7.19. The highest BCUT2D eigenvalue weighted by atomic mass is 19.4. The molecule has 1 aromatic rings. The van der Waals surface area contributed by atoms with Crippen LogP contribution in [0.25, 0.3) is 0 Å². The van der Waals surface area contributed by atoms with Crippen LogP contribution >= 0.6 is 0 Å². The number of rotatable bonds is 10. The van der Waals surface area contributed by atoms with Crippen LogP contribution in [0.1, 0.15) is 48.5 Å². The van der Waals surface area contributed by atoms with Crippen LogP contribution in [0.15, 0.2) is 29.3 Å². The van der Waals surface area contributed by atoms with E-state index in [-0.39, 0.29) is 11.0 Å². The SMILES string of the molecule is CCNC(=NCC1(CCOC)CCC1)NCCNC(=O)c1ccc(C(F)(F)F)cc1. The minimum Gasteiger partial charge on any atom is -0.385 e. The summed E-state index contributed by atoms with van der Waals surface area (Å²) < 4.78 is 43.0. The van der Waals surface area contributed by atoms with E-state index in [1.165, 1.54) is 18.6 Å². The van der Waals surface area contributed by atoms with Gasteiger partial charge in [0.25, 0.3) is 5.91 Å². The summed E-state index contributed by atoms with van der Waals surface area (Å²) in [6, 6.07) is 4.16. The van der Waals surface area contributed by atoms with Gasteiger partial charge in [0.15, 0.2) is 5.96 Å². The summed E-state index contributed by atoms with van der Waals surface area (Å²) in [4.78, 5) is 16.8. The summed E-state index contributed by atoms with van der Waals surface area (Å²) in [5, 5.41) is 9.06. The van der Waals surface area contributed by atoms with Gasteiger partial charge in [0, 0.05) is 45.5 Å². The number of nitrogens with zero attached hydrogens (tertiary/aromatic N) is 1. The van der Waals surface area contributed by atoms with Crippen LogP contribution < -0.4 is 16.0 Å². The van der Waals surface area contributed by atoms with Gasteiger partial charge in [0.2, 0.25) is 0 Å². The first-order valence-electron chi connectivity index (χ1n) is 10.3. The molecule has 30 heavy (non-hydrogen) atoms. The van der Waals surface area contributed by atoms with Crippen molar-refractivity contribution in [3.63, 3.8) is 0 Å². The second kappa shape index (κ2) is 11.2. The Labute approximate surface area is 175 Å². The molecular formula is C21H31F3N4O2. The van der Waals surface area contributed by atoms with Gasteiger partial charge in [-0.05, 0) is 55.9 Å². The fourth-order valence-electron chi connectivity index (χ4n) is 3.34. The van der Waals surface area contributed by atoms with Crippen molar-refractivity contribution in [3.05, 3.63) is 35.4 Å². The van der Waals surface area contributed by atoms with Crippen molar-refractivity contribution in [2.24, 2.45) is 10.4 Å². The number of alkyl halides is 3. The lowest BCUT2D eigenvalue weighted by Crippen LogP contribution is -2.43. The number of methoxy groups -OCH3 is 1. The van der Waals surface area contributed by atoms with Crippen LogP contribution in [0.5, 0.6) is 0 Å². The Balaban J connectivity index is 1.79. The molecule has 0 atom stereocenters. The van der Waals surface area contributed by atoms with E-state index < -0.39 is 17.6 Å². The van der Waals surface area contributed by atoms with Gasteiger partial charge in [-0.15, -0.1) is 0 Å². The van der Waals surface area contributed by atoms with Gasteiger partial charge in [-0.3, -0.25) is 9.79 Å². The highest BCUT2D eigenvalue weighted by Gasteiger charge is 2.36. The number of benzene rings is 1. The van der Waals surface area contributed by atoms with E-state index in [2.05, 4.69) is 20.9 Å². The molecule has 2 rings (SSSR count). The Bertz CT molecular complexity index is 701. The molecule has 0 saturated heterocycles. The Kier molecular flexibility index (Phi) is 8.95. The predicted molar refractivity (Wildman–Crippen MR) is 111 cm³/mol. The number of carbonyl (C=O) groups excluding carboxylic acids is 1. The number of aliphatic imine (C=N–C) groups is 1. The summed E-state index contributed by atoms with van der Waals surface area (Å²) in [6.45, 7) is 4.92. The minimum absolute atomic E-state index is 0.189. The van der Waals surface area contributed by atoms with Crippen molar-refractivity contribution in [2.75, 3.05) is 39.9 Å². The molecule has 0 bridgehead atoms. The number of amides is 1. The van der Waals surface area contributed by atoms with Gasteiger partial charge >= 0.3 is 6.18 Å². The largest absolute Gasteiger partial charge is 0.416 e. The lowest BCUT2D eigenvalue weighted by Gasteiger charge is -2.40. The number of hydrogen-bond donors (Lipinski definition) is 3. The first kappa shape index (κ1) is 24.0. The van der Waals surface area contributed by atoms with Crippen LogP contribution in [0.2, 0.25) is 0 Å². The highest BCUT2D eigenvalue weighted by Crippen LogP contribution is 2.44. The van der Waals surface area contributed by atoms with E-state index in [1.54, 1.807) is 7.11 Å². The molecule has 1 fully saturated rings. The summed E-state index contributed by atoms with van der Waals surface area (Å²) >= 11 is 0. The lowest BCUT2D eigenvalue weighted by atomic mass is 9.67. The van der Waals surface area contributed by atoms with E-state index in [1.807, 2.05) is 6.92 Å². The molecule has 0 aromatic heterocycles. The van der Waals surface area contributed by atoms with E-state index in [0.717, 1.165) is 51.1 Å². The molecule has 9 heteroatoms. The molecule has 0 spiro atoms. The molecule has 1 aliphatic carbocycles. The maximum absolute atomic E-state index is 12.6. The van der Waals surface area contributed by atoms with Gasteiger partial charge in [0.05, 0.1) is 5.56 Å². The summed E-state index contributed by atoms with van der Waals surface area (Å²) in [5.41, 5.74) is -0.370. The number of carbonyl (C=O) groups is 1. The Morgan fingerprint density at radius 3 is 2.33 bits per heavy atom. The average molecular weight is 428 g/mol. The average Bonchev–Trinajstić information content (AvgIpc) is 2.69. The van der Waals surface area contributed by atoms with Crippen LogP contribution in [-0.4, -0.2) is 51.8 Å². The van der Waals surface area contributed by atoms with Crippen molar-refractivity contribution in [3.8, 4) is 0 Å². The lowest BCUT2D eigenvalue weighted by molar-refractivity contribution is -0.137. The predicted octanol–water partition coefficient (Wildman–Crippen LogP) is 3.20. The highest BCUT2D eigenvalue weighted by molar-refractivity contribution is 5.94.